The van der Waals surface area contributed by atoms with Crippen LogP contribution in [0.1, 0.15) is 77.1 Å². The van der Waals surface area contributed by atoms with Crippen molar-refractivity contribution in [3.63, 3.8) is 0 Å². The molecule has 3 aromatic carbocycles. The van der Waals surface area contributed by atoms with Crippen molar-refractivity contribution in [1.29, 1.82) is 0 Å². The number of benzene rings is 4. The van der Waals surface area contributed by atoms with Gasteiger partial charge >= 0.3 is 12.2 Å². The van der Waals surface area contributed by atoms with Gasteiger partial charge in [-0.2, -0.15) is 0 Å². The second-order valence-corrected chi connectivity index (χ2v) is 17.3. The first-order valence-corrected chi connectivity index (χ1v) is 21.7. The minimum absolute atomic E-state index is 0.115. The number of aromatic nitrogens is 4. The van der Waals surface area contributed by atoms with Gasteiger partial charge in [0.1, 0.15) is 34.9 Å². The van der Waals surface area contributed by atoms with Crippen LogP contribution in [-0.2, 0) is 19.1 Å². The van der Waals surface area contributed by atoms with Crippen LogP contribution >= 0.6 is 0 Å². The van der Waals surface area contributed by atoms with Crippen LogP contribution in [0.25, 0.3) is 66.4 Å². The topological polar surface area (TPSA) is 188 Å². The molecule has 2 aliphatic rings. The summed E-state index contributed by atoms with van der Waals surface area (Å²) >= 11 is 0. The molecule has 0 aliphatic carbocycles. The maximum Gasteiger partial charge on any atom is 0.407 e. The van der Waals surface area contributed by atoms with Gasteiger partial charge in [-0.1, -0.05) is 64.1 Å². The van der Waals surface area contributed by atoms with Gasteiger partial charge in [0, 0.05) is 35.0 Å². The largest absolute Gasteiger partial charge is 0.456 e. The lowest BCUT2D eigenvalue weighted by molar-refractivity contribution is -0.136. The Morgan fingerprint density at radius 3 is 1.67 bits per heavy atom. The molecule has 6 heterocycles. The minimum atomic E-state index is -0.713. The summed E-state index contributed by atoms with van der Waals surface area (Å²) < 4.78 is 15.9. The molecule has 0 spiro atoms. The third kappa shape index (κ3) is 7.59. The monoisotopic (exact) mass is 852 g/mol. The molecule has 4 aromatic heterocycles. The number of rotatable bonds is 11. The summed E-state index contributed by atoms with van der Waals surface area (Å²) in [6.45, 7) is 8.77. The summed E-state index contributed by atoms with van der Waals surface area (Å²) in [6, 6.07) is 19.1. The van der Waals surface area contributed by atoms with E-state index in [-0.39, 0.29) is 35.7 Å². The summed E-state index contributed by atoms with van der Waals surface area (Å²) in [7, 11) is 2.58. The summed E-state index contributed by atoms with van der Waals surface area (Å²) in [5.41, 5.74) is 7.31. The van der Waals surface area contributed by atoms with Gasteiger partial charge in [-0.15, -0.1) is 0 Å². The zero-order valence-electron chi connectivity index (χ0n) is 36.3. The molecule has 7 aromatic rings. The highest BCUT2D eigenvalue weighted by Crippen LogP contribution is 2.44. The second kappa shape index (κ2) is 16.8. The summed E-state index contributed by atoms with van der Waals surface area (Å²) in [4.78, 5) is 71.8. The van der Waals surface area contributed by atoms with Crippen molar-refractivity contribution < 1.29 is 33.1 Å². The zero-order valence-corrected chi connectivity index (χ0v) is 36.3. The maximum absolute atomic E-state index is 13.8. The fourth-order valence-electron chi connectivity index (χ4n) is 9.45. The molecule has 4 atom stereocenters. The molecule has 2 bridgehead atoms. The number of ether oxygens (including phenoxy) is 2. The van der Waals surface area contributed by atoms with Crippen LogP contribution < -0.4 is 10.6 Å². The lowest BCUT2D eigenvalue weighted by atomic mass is 9.92. The first kappa shape index (κ1) is 41.5. The highest BCUT2D eigenvalue weighted by molar-refractivity contribution is 6.19. The Morgan fingerprint density at radius 2 is 1.13 bits per heavy atom. The van der Waals surface area contributed by atoms with Gasteiger partial charge < -0.3 is 44.3 Å². The van der Waals surface area contributed by atoms with Gasteiger partial charge in [0.2, 0.25) is 11.8 Å². The van der Waals surface area contributed by atoms with E-state index in [2.05, 4.69) is 69.1 Å². The highest BCUT2D eigenvalue weighted by atomic mass is 16.5. The van der Waals surface area contributed by atoms with Gasteiger partial charge in [-0.25, -0.2) is 19.6 Å². The fourth-order valence-corrected chi connectivity index (χ4v) is 9.45. The zero-order chi connectivity index (χ0) is 44.1. The SMILES string of the molecule is COC(=O)NC(C(=O)N1CCC[C@H]1c1ncc(-c2ccc3cc(-c4ccc(-c5cnc([C@@H]6CCCN6C(=O)[C@@H](NC(=O)OC)C(C)C)[nH]5)c5c6ccc(o6)c45)ccc3c2)[nH]1)C(C)C. The first-order valence-electron chi connectivity index (χ1n) is 21.7. The molecule has 4 amide bonds. The Bertz CT molecular complexity index is 2840. The Morgan fingerprint density at radius 1 is 0.651 bits per heavy atom. The van der Waals surface area contributed by atoms with Crippen LogP contribution in [0.15, 0.2) is 77.5 Å². The number of nitrogens with one attached hydrogen (secondary N) is 4. The number of carbonyl (C=O) groups is 4. The number of furan rings is 2. The molecule has 63 heavy (non-hydrogen) atoms. The Balaban J connectivity index is 0.961. The summed E-state index contributed by atoms with van der Waals surface area (Å²) in [5, 5.41) is 9.59. The van der Waals surface area contributed by atoms with Crippen molar-refractivity contribution >= 4 is 56.7 Å². The molecule has 15 nitrogen and oxygen atoms in total. The van der Waals surface area contributed by atoms with Gasteiger partial charge in [-0.05, 0) is 83.7 Å². The summed E-state index contributed by atoms with van der Waals surface area (Å²) in [5.74, 6) is 0.881. The number of amides is 4. The third-order valence-electron chi connectivity index (χ3n) is 12.7. The predicted octanol–water partition coefficient (Wildman–Crippen LogP) is 8.71. The number of nitrogens with zero attached hydrogens (tertiary/aromatic N) is 4. The van der Waals surface area contributed by atoms with Gasteiger partial charge in [0.05, 0.1) is 50.1 Å². The molecular formula is C48H52N8O7. The highest BCUT2D eigenvalue weighted by Gasteiger charge is 2.39. The average Bonchev–Trinajstić information content (AvgIpc) is 4.15. The van der Waals surface area contributed by atoms with E-state index in [0.717, 1.165) is 97.9 Å². The van der Waals surface area contributed by atoms with E-state index >= 15 is 0 Å². The number of hydrogen-bond acceptors (Lipinski definition) is 9. The lowest BCUT2D eigenvalue weighted by Gasteiger charge is -2.30. The summed E-state index contributed by atoms with van der Waals surface area (Å²) in [6.07, 6.45) is 5.58. The number of likely N-dealkylation sites (tertiary alicyclic amines) is 2. The normalized spacial score (nSPS) is 17.7. The maximum atomic E-state index is 13.8. The fraction of sp³-hybridized carbons (Fsp3) is 0.375. The number of fused-ring (bicyclic) bond motifs is 6. The van der Waals surface area contributed by atoms with Crippen LogP contribution in [0.5, 0.6) is 0 Å². The Labute approximate surface area is 364 Å². The van der Waals surface area contributed by atoms with Crippen molar-refractivity contribution in [3.8, 4) is 33.6 Å². The number of hydrogen-bond donors (Lipinski definition) is 4. The molecule has 0 radical (unpaired) electrons. The molecule has 0 saturated carbocycles. The number of alkyl carbamates (subject to hydrolysis) is 2. The Hall–Kier alpha value is -6.90. The van der Waals surface area contributed by atoms with Crippen molar-refractivity contribution in [3.05, 3.63) is 84.7 Å². The number of imidazole rings is 2. The molecule has 15 heteroatoms. The Kier molecular flexibility index (Phi) is 11.0. The third-order valence-corrected chi connectivity index (χ3v) is 12.7. The smallest absolute Gasteiger partial charge is 0.407 e. The molecule has 2 saturated heterocycles. The number of aromatic amines is 2. The van der Waals surface area contributed by atoms with Gasteiger partial charge in [0.15, 0.2) is 0 Å². The van der Waals surface area contributed by atoms with E-state index in [1.54, 1.807) is 0 Å². The van der Waals surface area contributed by atoms with Gasteiger partial charge in [0.25, 0.3) is 0 Å². The number of H-pyrrole nitrogens is 2. The van der Waals surface area contributed by atoms with E-state index in [1.165, 1.54) is 14.2 Å². The minimum Gasteiger partial charge on any atom is -0.456 e. The number of carbonyl (C=O) groups excluding carboxylic acids is 4. The van der Waals surface area contributed by atoms with Crippen LogP contribution in [0.2, 0.25) is 0 Å². The molecule has 2 aliphatic heterocycles. The molecule has 9 rings (SSSR count). The van der Waals surface area contributed by atoms with E-state index in [4.69, 9.17) is 23.9 Å². The van der Waals surface area contributed by atoms with Crippen LogP contribution in [0.4, 0.5) is 9.59 Å². The van der Waals surface area contributed by atoms with E-state index in [1.807, 2.05) is 62.0 Å². The van der Waals surface area contributed by atoms with E-state index < -0.39 is 24.3 Å². The molecule has 326 valence electrons. The van der Waals surface area contributed by atoms with Crippen molar-refractivity contribution in [2.75, 3.05) is 27.3 Å². The molecule has 1 unspecified atom stereocenters. The second-order valence-electron chi connectivity index (χ2n) is 17.3. The van der Waals surface area contributed by atoms with E-state index in [9.17, 15) is 19.2 Å². The van der Waals surface area contributed by atoms with Crippen molar-refractivity contribution in [1.82, 2.24) is 40.4 Å². The van der Waals surface area contributed by atoms with Crippen LogP contribution in [-0.4, -0.2) is 93.1 Å². The first-order chi connectivity index (χ1) is 30.4. The standard InChI is InChI=1S/C48H52N8O7/c1-25(2)41(53-47(59)61-5)45(57)55-19-7-9-35(55)43-49-23-33(51-43)30-14-12-27-21-29(13-11-28(27)22-30)31-15-16-32(40-38-18-17-37(63-38)39(31)40)34-24-50-44(52-34)36-10-8-20-56(36)46(58)42(26(3)4)54-48(60)62-6/h11-18,21-26,35-36,41-42H,7-10,19-20H2,1-6H3,(H,49,51)(H,50,52)(H,53,59)(H,54,60)/t35-,36-,41?,42-/m0/s1. The number of methoxy groups -OCH3 is 2. The lowest BCUT2D eigenvalue weighted by Crippen LogP contribution is -2.51. The van der Waals surface area contributed by atoms with Gasteiger partial charge in [-0.3, -0.25) is 9.59 Å². The average molecular weight is 853 g/mol. The van der Waals surface area contributed by atoms with Crippen molar-refractivity contribution in [2.24, 2.45) is 11.8 Å². The van der Waals surface area contributed by atoms with Crippen LogP contribution in [0.3, 0.4) is 0 Å². The molecule has 4 N–H and O–H groups in total. The molecule has 2 fully saturated rings. The predicted molar refractivity (Wildman–Crippen MR) is 239 cm³/mol. The van der Waals surface area contributed by atoms with Crippen molar-refractivity contribution in [2.45, 2.75) is 77.5 Å². The molecular weight excluding hydrogens is 801 g/mol. The van der Waals surface area contributed by atoms with Crippen LogP contribution in [0, 0.1) is 11.8 Å². The van der Waals surface area contributed by atoms with E-state index in [0.29, 0.717) is 18.9 Å². The quantitative estimate of drug-likeness (QED) is 0.0987.